The summed E-state index contributed by atoms with van der Waals surface area (Å²) in [6, 6.07) is 14.4. The largest absolute Gasteiger partial charge is 0.494 e. The van der Waals surface area contributed by atoms with Crippen LogP contribution >= 0.6 is 0 Å². The Morgan fingerprint density at radius 1 is 1.12 bits per heavy atom. The first kappa shape index (κ1) is 16.2. The summed E-state index contributed by atoms with van der Waals surface area (Å²) < 4.78 is 17.2. The summed E-state index contributed by atoms with van der Waals surface area (Å²) in [5, 5.41) is 9.50. The van der Waals surface area contributed by atoms with Gasteiger partial charge in [0.25, 0.3) is 0 Å². The highest BCUT2D eigenvalue weighted by molar-refractivity contribution is 5.75. The predicted octanol–water partition coefficient (Wildman–Crippen LogP) is 3.83. The van der Waals surface area contributed by atoms with Crippen LogP contribution in [0.15, 0.2) is 48.5 Å². The first-order valence-electron chi connectivity index (χ1n) is 8.07. The van der Waals surface area contributed by atoms with E-state index in [4.69, 9.17) is 14.2 Å². The quantitative estimate of drug-likeness (QED) is 0.816. The Hall–Kier alpha value is -2.69. The Morgan fingerprint density at radius 2 is 1.88 bits per heavy atom. The first-order valence-corrected chi connectivity index (χ1v) is 8.07. The molecule has 0 spiro atoms. The molecular weight excluding hydrogens is 308 g/mol. The standard InChI is InChI=1S/C19H20O5/c1-2-3-11-22-14-8-6-7-13(12-14)17-18(19(20)21)24-16-10-5-4-9-15(16)23-17/h4-10,12,17-18H,2-3,11H2,1H3,(H,20,21). The molecule has 2 atom stereocenters. The molecule has 1 N–H and O–H groups in total. The fraction of sp³-hybridized carbons (Fsp3) is 0.316. The van der Waals surface area contributed by atoms with Gasteiger partial charge in [-0.3, -0.25) is 0 Å². The Balaban J connectivity index is 1.86. The second-order valence-electron chi connectivity index (χ2n) is 5.64. The van der Waals surface area contributed by atoms with E-state index in [1.54, 1.807) is 18.2 Å². The number of unbranched alkanes of at least 4 members (excludes halogenated alkanes) is 1. The van der Waals surface area contributed by atoms with Crippen LogP contribution in [0.5, 0.6) is 17.2 Å². The number of aliphatic carboxylic acids is 1. The van der Waals surface area contributed by atoms with E-state index in [2.05, 4.69) is 6.92 Å². The van der Waals surface area contributed by atoms with Gasteiger partial charge in [0.05, 0.1) is 6.61 Å². The molecule has 24 heavy (non-hydrogen) atoms. The highest BCUT2D eigenvalue weighted by Gasteiger charge is 2.38. The Labute approximate surface area is 140 Å². The summed E-state index contributed by atoms with van der Waals surface area (Å²) in [5.74, 6) is 0.619. The van der Waals surface area contributed by atoms with Crippen molar-refractivity contribution in [2.24, 2.45) is 0 Å². The summed E-state index contributed by atoms with van der Waals surface area (Å²) in [7, 11) is 0. The van der Waals surface area contributed by atoms with E-state index >= 15 is 0 Å². The summed E-state index contributed by atoms with van der Waals surface area (Å²) in [6.45, 7) is 2.73. The minimum absolute atomic E-state index is 0.441. The molecule has 0 aromatic heterocycles. The van der Waals surface area contributed by atoms with Crippen LogP contribution in [0.4, 0.5) is 0 Å². The van der Waals surface area contributed by atoms with Crippen molar-refractivity contribution in [3.05, 3.63) is 54.1 Å². The summed E-state index contributed by atoms with van der Waals surface area (Å²) >= 11 is 0. The van der Waals surface area contributed by atoms with E-state index < -0.39 is 18.2 Å². The molecule has 3 rings (SSSR count). The van der Waals surface area contributed by atoms with Gasteiger partial charge < -0.3 is 19.3 Å². The molecule has 2 aromatic rings. The minimum Gasteiger partial charge on any atom is -0.494 e. The highest BCUT2D eigenvalue weighted by Crippen LogP contribution is 2.39. The fourth-order valence-electron chi connectivity index (χ4n) is 2.58. The number of hydrogen-bond acceptors (Lipinski definition) is 4. The van der Waals surface area contributed by atoms with Gasteiger partial charge in [0, 0.05) is 5.56 Å². The molecule has 1 aliphatic heterocycles. The van der Waals surface area contributed by atoms with Crippen LogP contribution in [-0.2, 0) is 4.79 Å². The predicted molar refractivity (Wildman–Crippen MR) is 88.7 cm³/mol. The van der Waals surface area contributed by atoms with Crippen LogP contribution in [0, 0.1) is 0 Å². The Bertz CT molecular complexity index is 712. The molecule has 126 valence electrons. The molecule has 0 saturated heterocycles. The van der Waals surface area contributed by atoms with Crippen molar-refractivity contribution in [3.8, 4) is 17.2 Å². The number of fused-ring (bicyclic) bond motifs is 1. The highest BCUT2D eigenvalue weighted by atomic mass is 16.6. The van der Waals surface area contributed by atoms with Crippen molar-refractivity contribution >= 4 is 5.97 Å². The maximum Gasteiger partial charge on any atom is 0.349 e. The average Bonchev–Trinajstić information content (AvgIpc) is 2.61. The van der Waals surface area contributed by atoms with Crippen LogP contribution in [0.25, 0.3) is 0 Å². The zero-order valence-electron chi connectivity index (χ0n) is 13.5. The van der Waals surface area contributed by atoms with E-state index in [0.717, 1.165) is 12.8 Å². The van der Waals surface area contributed by atoms with Crippen molar-refractivity contribution in [1.29, 1.82) is 0 Å². The van der Waals surface area contributed by atoms with Crippen LogP contribution < -0.4 is 14.2 Å². The topological polar surface area (TPSA) is 65.0 Å². The van der Waals surface area contributed by atoms with E-state index in [1.165, 1.54) is 0 Å². The van der Waals surface area contributed by atoms with E-state index in [0.29, 0.717) is 29.4 Å². The van der Waals surface area contributed by atoms with Crippen LogP contribution in [0.1, 0.15) is 31.4 Å². The SMILES string of the molecule is CCCCOc1cccc(C2Oc3ccccc3OC2C(=O)O)c1. The summed E-state index contributed by atoms with van der Waals surface area (Å²) in [4.78, 5) is 11.6. The summed E-state index contributed by atoms with van der Waals surface area (Å²) in [6.07, 6.45) is 0.188. The van der Waals surface area contributed by atoms with Gasteiger partial charge >= 0.3 is 5.97 Å². The molecule has 0 bridgehead atoms. The van der Waals surface area contributed by atoms with Gasteiger partial charge in [0.2, 0.25) is 6.10 Å². The second kappa shape index (κ2) is 7.25. The normalized spacial score (nSPS) is 18.9. The van der Waals surface area contributed by atoms with Gasteiger partial charge in [-0.05, 0) is 30.7 Å². The Kier molecular flexibility index (Phi) is 4.89. The van der Waals surface area contributed by atoms with Crippen molar-refractivity contribution in [3.63, 3.8) is 0 Å². The number of carbonyl (C=O) groups is 1. The molecule has 0 aliphatic carbocycles. The van der Waals surface area contributed by atoms with E-state index in [9.17, 15) is 9.90 Å². The number of benzene rings is 2. The van der Waals surface area contributed by atoms with Gasteiger partial charge in [0.15, 0.2) is 17.6 Å². The monoisotopic (exact) mass is 328 g/mol. The first-order chi connectivity index (χ1) is 11.7. The van der Waals surface area contributed by atoms with Gasteiger partial charge in [-0.15, -0.1) is 0 Å². The molecule has 0 radical (unpaired) electrons. The van der Waals surface area contributed by atoms with E-state index in [-0.39, 0.29) is 0 Å². The van der Waals surface area contributed by atoms with Crippen LogP contribution in [0.2, 0.25) is 0 Å². The number of rotatable bonds is 6. The number of carboxylic acids is 1. The molecule has 1 aliphatic rings. The van der Waals surface area contributed by atoms with Crippen molar-refractivity contribution in [2.45, 2.75) is 32.0 Å². The van der Waals surface area contributed by atoms with Gasteiger partial charge in [-0.25, -0.2) is 4.79 Å². The lowest BCUT2D eigenvalue weighted by molar-refractivity contribution is -0.151. The smallest absolute Gasteiger partial charge is 0.349 e. The minimum atomic E-state index is -1.11. The van der Waals surface area contributed by atoms with Crippen molar-refractivity contribution < 1.29 is 24.1 Å². The fourth-order valence-corrected chi connectivity index (χ4v) is 2.58. The van der Waals surface area contributed by atoms with E-state index in [1.807, 2.05) is 30.3 Å². The molecule has 5 heteroatoms. The van der Waals surface area contributed by atoms with Gasteiger partial charge in [-0.2, -0.15) is 0 Å². The van der Waals surface area contributed by atoms with Gasteiger partial charge in [0.1, 0.15) is 5.75 Å². The maximum atomic E-state index is 11.6. The second-order valence-corrected chi connectivity index (χ2v) is 5.64. The molecule has 2 unspecified atom stereocenters. The zero-order chi connectivity index (χ0) is 16.9. The number of carboxylic acid groups (broad SMARTS) is 1. The van der Waals surface area contributed by atoms with Crippen LogP contribution in [-0.4, -0.2) is 23.8 Å². The molecule has 0 saturated carbocycles. The van der Waals surface area contributed by atoms with Crippen molar-refractivity contribution in [2.75, 3.05) is 6.61 Å². The molecular formula is C19H20O5. The lowest BCUT2D eigenvalue weighted by Gasteiger charge is -2.32. The molecule has 5 nitrogen and oxygen atoms in total. The molecule has 1 heterocycles. The molecule has 0 amide bonds. The van der Waals surface area contributed by atoms with Crippen LogP contribution in [0.3, 0.4) is 0 Å². The number of ether oxygens (including phenoxy) is 3. The molecule has 2 aromatic carbocycles. The summed E-state index contributed by atoms with van der Waals surface area (Å²) in [5.41, 5.74) is 0.714. The third kappa shape index (κ3) is 3.45. The zero-order valence-corrected chi connectivity index (χ0v) is 13.5. The average molecular weight is 328 g/mol. The van der Waals surface area contributed by atoms with Crippen molar-refractivity contribution in [1.82, 2.24) is 0 Å². The molecule has 0 fully saturated rings. The third-order valence-corrected chi connectivity index (χ3v) is 3.83. The maximum absolute atomic E-state index is 11.6. The number of para-hydroxylation sites is 2. The third-order valence-electron chi connectivity index (χ3n) is 3.83. The van der Waals surface area contributed by atoms with Gasteiger partial charge in [-0.1, -0.05) is 37.6 Å². The Morgan fingerprint density at radius 3 is 2.58 bits per heavy atom. The lowest BCUT2D eigenvalue weighted by Crippen LogP contribution is -2.39. The number of hydrogen-bond donors (Lipinski definition) is 1. The lowest BCUT2D eigenvalue weighted by atomic mass is 10.0.